The molecule has 2 heterocycles. The highest BCUT2D eigenvalue weighted by molar-refractivity contribution is 7.09. The molecule has 0 spiro atoms. The van der Waals surface area contributed by atoms with E-state index in [0.29, 0.717) is 17.7 Å². The molecule has 4 aromatic rings. The first-order valence-electron chi connectivity index (χ1n) is 12.6. The number of amides is 3. The number of aromatic nitrogens is 2. The molecule has 0 fully saturated rings. The van der Waals surface area contributed by atoms with Gasteiger partial charge in [0.1, 0.15) is 10.9 Å². The van der Waals surface area contributed by atoms with Crippen molar-refractivity contribution in [1.29, 1.82) is 0 Å². The maximum atomic E-state index is 14.3. The molecule has 202 valence electrons. The van der Waals surface area contributed by atoms with Crippen LogP contribution < -0.4 is 21.7 Å². The van der Waals surface area contributed by atoms with E-state index in [4.69, 9.17) is 11.5 Å². The summed E-state index contributed by atoms with van der Waals surface area (Å²) in [6.45, 7) is 9.67. The summed E-state index contributed by atoms with van der Waals surface area (Å²) < 4.78 is 4.02. The Bertz CT molecular complexity index is 1560. The predicted molar refractivity (Wildman–Crippen MR) is 155 cm³/mol. The topological polar surface area (TPSA) is 144 Å². The molecule has 3 amide bonds. The number of aryl methyl sites for hydroxylation is 2. The van der Waals surface area contributed by atoms with Gasteiger partial charge in [0.05, 0.1) is 11.2 Å². The van der Waals surface area contributed by atoms with E-state index in [1.54, 1.807) is 12.3 Å². The number of carbonyl (C=O) groups excluding carboxylic acids is 3. The highest BCUT2D eigenvalue weighted by Gasteiger charge is 2.37. The zero-order valence-corrected chi connectivity index (χ0v) is 23.4. The summed E-state index contributed by atoms with van der Waals surface area (Å²) in [5.41, 5.74) is 14.5. The third kappa shape index (κ3) is 5.75. The van der Waals surface area contributed by atoms with Gasteiger partial charge in [0.25, 0.3) is 11.8 Å². The third-order valence-corrected chi connectivity index (χ3v) is 7.50. The number of rotatable bonds is 8. The SMILES string of the molecule is CCC(C)(C)NC(=O)C(c1ccc2ncccc2c1)N(C(=O)c1snc(C(N)=O)c1N)c1cc(C)cc(C)c1. The van der Waals surface area contributed by atoms with Gasteiger partial charge in [0.2, 0.25) is 5.91 Å². The van der Waals surface area contributed by atoms with E-state index >= 15 is 0 Å². The Balaban J connectivity index is 1.98. The number of hydrogen-bond acceptors (Lipinski definition) is 7. The zero-order valence-electron chi connectivity index (χ0n) is 22.6. The molecule has 4 rings (SSSR count). The summed E-state index contributed by atoms with van der Waals surface area (Å²) >= 11 is 0.780. The van der Waals surface area contributed by atoms with E-state index in [1.165, 1.54) is 4.90 Å². The molecule has 0 bridgehead atoms. The quantitative estimate of drug-likeness (QED) is 0.294. The van der Waals surface area contributed by atoms with E-state index in [2.05, 4.69) is 14.7 Å². The average Bonchev–Trinajstić information content (AvgIpc) is 3.27. The van der Waals surface area contributed by atoms with Crippen molar-refractivity contribution in [2.45, 2.75) is 52.6 Å². The van der Waals surface area contributed by atoms with Crippen molar-refractivity contribution in [2.24, 2.45) is 5.73 Å². The summed E-state index contributed by atoms with van der Waals surface area (Å²) in [5.74, 6) is -1.76. The molecule has 0 saturated heterocycles. The summed E-state index contributed by atoms with van der Waals surface area (Å²) in [4.78, 5) is 46.1. The number of anilines is 2. The molecule has 2 aromatic heterocycles. The van der Waals surface area contributed by atoms with Crippen LogP contribution in [-0.2, 0) is 4.79 Å². The maximum absolute atomic E-state index is 14.3. The van der Waals surface area contributed by atoms with Crippen LogP contribution in [0.2, 0.25) is 0 Å². The number of nitrogens with zero attached hydrogens (tertiary/aromatic N) is 3. The fourth-order valence-electron chi connectivity index (χ4n) is 4.38. The summed E-state index contributed by atoms with van der Waals surface area (Å²) in [7, 11) is 0. The number of pyridine rings is 1. The minimum atomic E-state index is -1.08. The third-order valence-electron chi connectivity index (χ3n) is 6.65. The van der Waals surface area contributed by atoms with Gasteiger partial charge >= 0.3 is 0 Å². The van der Waals surface area contributed by atoms with Crippen LogP contribution in [0, 0.1) is 13.8 Å². The van der Waals surface area contributed by atoms with Gasteiger partial charge in [-0.25, -0.2) is 0 Å². The van der Waals surface area contributed by atoms with Crippen LogP contribution in [0.4, 0.5) is 11.4 Å². The van der Waals surface area contributed by atoms with Crippen molar-refractivity contribution < 1.29 is 14.4 Å². The van der Waals surface area contributed by atoms with Crippen LogP contribution in [0.1, 0.15) is 70.1 Å². The number of fused-ring (bicyclic) bond motifs is 1. The van der Waals surface area contributed by atoms with Crippen molar-refractivity contribution in [3.05, 3.63) is 82.0 Å². The van der Waals surface area contributed by atoms with Crippen LogP contribution in [0.5, 0.6) is 0 Å². The Morgan fingerprint density at radius 2 is 1.77 bits per heavy atom. The van der Waals surface area contributed by atoms with Gasteiger partial charge in [0.15, 0.2) is 5.69 Å². The summed E-state index contributed by atoms with van der Waals surface area (Å²) in [6, 6.07) is 13.8. The lowest BCUT2D eigenvalue weighted by Crippen LogP contribution is -2.50. The smallest absolute Gasteiger partial charge is 0.273 e. The maximum Gasteiger partial charge on any atom is 0.273 e. The second-order valence-electron chi connectivity index (χ2n) is 10.2. The predicted octanol–water partition coefficient (Wildman–Crippen LogP) is 4.68. The normalized spacial score (nSPS) is 12.2. The van der Waals surface area contributed by atoms with Crippen molar-refractivity contribution in [2.75, 3.05) is 10.6 Å². The Labute approximate surface area is 231 Å². The molecule has 39 heavy (non-hydrogen) atoms. The van der Waals surface area contributed by atoms with Crippen LogP contribution >= 0.6 is 11.5 Å². The van der Waals surface area contributed by atoms with Gasteiger partial charge in [-0.2, -0.15) is 4.37 Å². The standard InChI is InChI=1S/C29H32N6O3S/c1-6-29(4,5)33-27(37)24(19-9-10-21-18(15-19)8-7-11-32-21)35(20-13-16(2)12-17(3)14-20)28(38)25-22(30)23(26(31)36)34-39-25/h7-15,24H,6,30H2,1-5H3,(H2,31,36)(H,33,37). The number of carbonyl (C=O) groups is 3. The number of nitrogens with two attached hydrogens (primary N) is 2. The molecule has 1 unspecified atom stereocenters. The minimum Gasteiger partial charge on any atom is -0.395 e. The molecule has 0 aliphatic heterocycles. The van der Waals surface area contributed by atoms with Gasteiger partial charge in [-0.1, -0.05) is 25.1 Å². The molecular formula is C29H32N6O3S. The molecule has 2 aromatic carbocycles. The van der Waals surface area contributed by atoms with E-state index in [1.807, 2.05) is 77.1 Å². The first-order valence-corrected chi connectivity index (χ1v) is 13.3. The number of primary amides is 1. The van der Waals surface area contributed by atoms with Crippen molar-refractivity contribution in [3.8, 4) is 0 Å². The van der Waals surface area contributed by atoms with E-state index in [0.717, 1.165) is 33.6 Å². The zero-order chi connectivity index (χ0) is 28.5. The van der Waals surface area contributed by atoms with Gasteiger partial charge in [-0.05, 0) is 92.7 Å². The van der Waals surface area contributed by atoms with Crippen LogP contribution in [-0.4, -0.2) is 32.6 Å². The summed E-state index contributed by atoms with van der Waals surface area (Å²) in [5, 5.41) is 3.93. The number of nitrogen functional groups attached to an aromatic ring is 1. The number of benzene rings is 2. The largest absolute Gasteiger partial charge is 0.395 e. The lowest BCUT2D eigenvalue weighted by Gasteiger charge is -2.35. The van der Waals surface area contributed by atoms with Crippen LogP contribution in [0.3, 0.4) is 0 Å². The fraction of sp³-hybridized carbons (Fsp3) is 0.276. The van der Waals surface area contributed by atoms with Crippen molar-refractivity contribution in [3.63, 3.8) is 0 Å². The van der Waals surface area contributed by atoms with E-state index in [9.17, 15) is 14.4 Å². The van der Waals surface area contributed by atoms with Gasteiger partial charge in [-0.3, -0.25) is 24.3 Å². The number of hydrogen-bond donors (Lipinski definition) is 3. The van der Waals surface area contributed by atoms with Gasteiger partial charge < -0.3 is 16.8 Å². The van der Waals surface area contributed by atoms with E-state index in [-0.39, 0.29) is 22.2 Å². The Hall–Kier alpha value is -4.31. The molecule has 9 nitrogen and oxygen atoms in total. The van der Waals surface area contributed by atoms with Gasteiger partial charge in [-0.15, -0.1) is 0 Å². The number of nitrogens with one attached hydrogen (secondary N) is 1. The molecule has 0 aliphatic carbocycles. The minimum absolute atomic E-state index is 0.0259. The van der Waals surface area contributed by atoms with Crippen molar-refractivity contribution >= 4 is 51.5 Å². The lowest BCUT2D eigenvalue weighted by atomic mass is 9.96. The average molecular weight is 545 g/mol. The Morgan fingerprint density at radius 3 is 2.38 bits per heavy atom. The first-order chi connectivity index (χ1) is 18.4. The molecule has 1 atom stereocenters. The molecule has 5 N–H and O–H groups in total. The monoisotopic (exact) mass is 544 g/mol. The molecule has 0 saturated carbocycles. The highest BCUT2D eigenvalue weighted by atomic mass is 32.1. The fourth-order valence-corrected chi connectivity index (χ4v) is 5.13. The molecule has 0 aliphatic rings. The first kappa shape index (κ1) is 27.7. The molecule has 0 radical (unpaired) electrons. The van der Waals surface area contributed by atoms with E-state index < -0.39 is 23.4 Å². The summed E-state index contributed by atoms with van der Waals surface area (Å²) in [6.07, 6.45) is 2.37. The molecule has 10 heteroatoms. The second kappa shape index (κ2) is 10.8. The lowest BCUT2D eigenvalue weighted by molar-refractivity contribution is -0.124. The van der Waals surface area contributed by atoms with Crippen molar-refractivity contribution in [1.82, 2.24) is 14.7 Å². The second-order valence-corrected chi connectivity index (χ2v) is 11.0. The van der Waals surface area contributed by atoms with Crippen LogP contribution in [0.15, 0.2) is 54.7 Å². The van der Waals surface area contributed by atoms with Crippen LogP contribution in [0.25, 0.3) is 10.9 Å². The van der Waals surface area contributed by atoms with Gasteiger partial charge in [0, 0.05) is 22.8 Å². The highest BCUT2D eigenvalue weighted by Crippen LogP contribution is 2.35. The molecular weight excluding hydrogens is 512 g/mol. The Morgan fingerprint density at radius 1 is 1.08 bits per heavy atom. The Kier molecular flexibility index (Phi) is 7.69.